The van der Waals surface area contributed by atoms with Crippen molar-refractivity contribution in [1.82, 2.24) is 39.0 Å². The monoisotopic (exact) mass is 724 g/mol. The Hall–Kier alpha value is -2.98. The zero-order chi connectivity index (χ0) is 33.2. The third-order valence-electron chi connectivity index (χ3n) is 10.6. The van der Waals surface area contributed by atoms with Gasteiger partial charge >= 0.3 is 14.5 Å². The van der Waals surface area contributed by atoms with Gasteiger partial charge in [-0.3, -0.25) is 23.4 Å². The number of ether oxygens (including phenoxy) is 2. The number of aliphatic hydroxyl groups is 1. The Morgan fingerprint density at radius 1 is 1.04 bits per heavy atom. The van der Waals surface area contributed by atoms with E-state index in [1.54, 1.807) is 4.57 Å². The van der Waals surface area contributed by atoms with Crippen LogP contribution in [0, 0.1) is 17.3 Å². The summed E-state index contributed by atoms with van der Waals surface area (Å²) in [5.41, 5.74) is 9.72. The van der Waals surface area contributed by atoms with Gasteiger partial charge < -0.3 is 49.4 Å². The van der Waals surface area contributed by atoms with Crippen LogP contribution in [0.25, 0.3) is 22.3 Å². The van der Waals surface area contributed by atoms with E-state index >= 15 is 0 Å². The van der Waals surface area contributed by atoms with Crippen LogP contribution >= 0.6 is 14.5 Å². The normalized spacial score (nSPS) is 46.0. The molecule has 3 saturated heterocycles. The highest BCUT2D eigenvalue weighted by atomic mass is 32.5. The standard InChI is InChI=1S/C24H26N10O11P2S/c25-16-9-17(28-5-27-16)33(6-29-9)11-8-1-22(8)3-40-46(37,38)45-24-2-23(4-41-47(39,48)44-15(22)12(11)35)14(24)13(42-24)20(43-23)34-7-30-10-18(34)31-21(26)32-19(10)36/h5-8,11-15,20,35H,1-4H2,(H,37,38)(H,39,48)(H2,25,27,28)(H3,26,31,32,36)/t8-,11-,12+,13-,14+,15+,20-,22+,23-,24-,47?/m1/s1. The van der Waals surface area contributed by atoms with Crippen LogP contribution in [0.15, 0.2) is 23.8 Å². The van der Waals surface area contributed by atoms with Gasteiger partial charge in [0.15, 0.2) is 34.6 Å². The predicted octanol–water partition coefficient (Wildman–Crippen LogP) is -0.806. The molecule has 7 heterocycles. The number of aromatic amines is 1. The summed E-state index contributed by atoms with van der Waals surface area (Å²) in [7, 11) is -4.81. The minimum Gasteiger partial charge on any atom is -0.388 e. The van der Waals surface area contributed by atoms with Gasteiger partial charge in [-0.15, -0.1) is 0 Å². The molecule has 0 radical (unpaired) electrons. The summed E-state index contributed by atoms with van der Waals surface area (Å²) in [4.78, 5) is 58.1. The van der Waals surface area contributed by atoms with E-state index in [9.17, 15) is 24.3 Å². The van der Waals surface area contributed by atoms with Gasteiger partial charge in [-0.05, 0) is 24.1 Å². The summed E-state index contributed by atoms with van der Waals surface area (Å²) in [6, 6.07) is -0.704. The first kappa shape index (κ1) is 29.9. The molecule has 2 bridgehead atoms. The predicted molar refractivity (Wildman–Crippen MR) is 161 cm³/mol. The van der Waals surface area contributed by atoms with Crippen molar-refractivity contribution in [2.45, 2.75) is 54.8 Å². The van der Waals surface area contributed by atoms with Gasteiger partial charge in [0.05, 0.1) is 37.8 Å². The summed E-state index contributed by atoms with van der Waals surface area (Å²) < 4.78 is 52.5. The highest BCUT2D eigenvalue weighted by molar-refractivity contribution is 8.07. The molecule has 6 aliphatic rings. The molecule has 0 amide bonds. The van der Waals surface area contributed by atoms with Gasteiger partial charge in [0.25, 0.3) is 5.56 Å². The molecule has 4 aromatic heterocycles. The molecule has 8 N–H and O–H groups in total. The number of rotatable bonds is 2. The Morgan fingerprint density at radius 2 is 1.83 bits per heavy atom. The van der Waals surface area contributed by atoms with Crippen molar-refractivity contribution in [3.05, 3.63) is 29.3 Å². The number of hydrogen-bond donors (Lipinski definition) is 6. The summed E-state index contributed by atoms with van der Waals surface area (Å²) in [6.45, 7) is -4.82. The van der Waals surface area contributed by atoms with Gasteiger partial charge in [-0.1, -0.05) is 0 Å². The molecule has 21 nitrogen and oxygen atoms in total. The third-order valence-corrected chi connectivity index (χ3v) is 13.1. The molecule has 4 aromatic rings. The number of fused-ring (bicyclic) bond motifs is 2. The van der Waals surface area contributed by atoms with Gasteiger partial charge in [0, 0.05) is 11.8 Å². The van der Waals surface area contributed by atoms with E-state index in [0.29, 0.717) is 17.6 Å². The number of phosphoric acid groups is 1. The Bertz CT molecular complexity index is 2240. The Balaban J connectivity index is 0.992. The van der Waals surface area contributed by atoms with E-state index in [1.165, 1.54) is 23.5 Å². The van der Waals surface area contributed by atoms with E-state index in [4.69, 9.17) is 50.8 Å². The van der Waals surface area contributed by atoms with Gasteiger partial charge in [0.2, 0.25) is 5.95 Å². The largest absolute Gasteiger partial charge is 0.474 e. The SMILES string of the molecule is Nc1nc2c(ncn2[C@@H]2O[C@@]34COP(O)(=S)O[C@H]5[C@@H](O)[C@H](n6cnc7c(N)ncnc76)[C@H]6C[C@]65COP(=O)(O)O[C@@]5(C3)O[C@@H]2[C@@H]45)c(=O)[nH]1. The molecule has 3 spiro atoms. The van der Waals surface area contributed by atoms with E-state index < -0.39 is 73.4 Å². The van der Waals surface area contributed by atoms with Gasteiger partial charge in [0.1, 0.15) is 35.8 Å². The highest BCUT2D eigenvalue weighted by Crippen LogP contribution is 2.76. The lowest BCUT2D eigenvalue weighted by Crippen LogP contribution is -2.78. The fourth-order valence-corrected chi connectivity index (χ4v) is 11.2. The first-order chi connectivity index (χ1) is 22.8. The van der Waals surface area contributed by atoms with Crippen LogP contribution in [0.3, 0.4) is 0 Å². The number of hydrogen-bond acceptors (Lipinski definition) is 17. The second-order valence-electron chi connectivity index (χ2n) is 13.1. The van der Waals surface area contributed by atoms with Crippen LogP contribution in [0.2, 0.25) is 0 Å². The van der Waals surface area contributed by atoms with Crippen molar-refractivity contribution < 1.29 is 47.0 Å². The molecule has 10 rings (SSSR count). The maximum absolute atomic E-state index is 13.5. The van der Waals surface area contributed by atoms with Crippen molar-refractivity contribution in [1.29, 1.82) is 0 Å². The van der Waals surface area contributed by atoms with E-state index in [1.807, 2.05) is 0 Å². The fraction of sp³-hybridized carbons (Fsp3) is 0.583. The molecular weight excluding hydrogens is 698 g/mol. The molecule has 3 saturated carbocycles. The lowest BCUT2D eigenvalue weighted by atomic mass is 9.59. The molecule has 2 unspecified atom stereocenters. The lowest BCUT2D eigenvalue weighted by molar-refractivity contribution is -0.424. The molecule has 254 valence electrons. The topological polar surface area (TPSA) is 292 Å². The summed E-state index contributed by atoms with van der Waals surface area (Å²) in [5.74, 6) is -2.65. The number of nitrogens with two attached hydrogens (primary N) is 2. The van der Waals surface area contributed by atoms with Crippen LogP contribution < -0.4 is 17.0 Å². The second-order valence-corrected chi connectivity index (χ2v) is 17.3. The van der Waals surface area contributed by atoms with Gasteiger partial charge in [-0.25, -0.2) is 24.5 Å². The molecular formula is C24H26N10O11P2S. The Labute approximate surface area is 272 Å². The molecule has 48 heavy (non-hydrogen) atoms. The summed E-state index contributed by atoms with van der Waals surface area (Å²) in [6.07, 6.45) is 0.144. The van der Waals surface area contributed by atoms with Crippen LogP contribution in [0.5, 0.6) is 0 Å². The third kappa shape index (κ3) is 3.82. The summed E-state index contributed by atoms with van der Waals surface area (Å²) >= 11 is 5.46. The van der Waals surface area contributed by atoms with Crippen molar-refractivity contribution in [3.8, 4) is 0 Å². The maximum atomic E-state index is 13.5. The number of aliphatic hydroxyl groups excluding tert-OH is 1. The van der Waals surface area contributed by atoms with Crippen LogP contribution in [0.1, 0.15) is 25.1 Å². The van der Waals surface area contributed by atoms with E-state index in [2.05, 4.69) is 29.9 Å². The summed E-state index contributed by atoms with van der Waals surface area (Å²) in [5, 5.41) is 11.7. The Morgan fingerprint density at radius 3 is 2.67 bits per heavy atom. The molecule has 3 aliphatic carbocycles. The molecule has 24 heteroatoms. The van der Waals surface area contributed by atoms with Crippen LogP contribution in [-0.2, 0) is 43.9 Å². The maximum Gasteiger partial charge on any atom is 0.474 e. The molecule has 6 fully saturated rings. The minimum atomic E-state index is -4.81. The van der Waals surface area contributed by atoms with Crippen molar-refractivity contribution >= 4 is 60.4 Å². The Kier molecular flexibility index (Phi) is 5.74. The number of imidazole rings is 2. The molecule has 3 aliphatic heterocycles. The average molecular weight is 725 g/mol. The first-order valence-electron chi connectivity index (χ1n) is 14.8. The zero-order valence-corrected chi connectivity index (χ0v) is 26.9. The van der Waals surface area contributed by atoms with E-state index in [-0.39, 0.29) is 48.5 Å². The lowest BCUT2D eigenvalue weighted by Gasteiger charge is -2.64. The number of aromatic nitrogens is 8. The van der Waals surface area contributed by atoms with Crippen LogP contribution in [0.4, 0.5) is 11.8 Å². The smallest absolute Gasteiger partial charge is 0.388 e. The zero-order valence-electron chi connectivity index (χ0n) is 24.3. The van der Waals surface area contributed by atoms with Crippen molar-refractivity contribution in [2.75, 3.05) is 24.7 Å². The van der Waals surface area contributed by atoms with Crippen LogP contribution in [-0.4, -0.2) is 96.8 Å². The number of nitrogens with one attached hydrogen (secondary N) is 1. The minimum absolute atomic E-state index is 0.00850. The first-order valence-corrected chi connectivity index (χ1v) is 18.9. The fourth-order valence-electron chi connectivity index (χ4n) is 8.62. The highest BCUT2D eigenvalue weighted by Gasteiger charge is 2.84. The molecule has 0 aromatic carbocycles. The van der Waals surface area contributed by atoms with Gasteiger partial charge in [-0.2, -0.15) is 4.98 Å². The van der Waals surface area contributed by atoms with Crippen molar-refractivity contribution in [3.63, 3.8) is 0 Å². The molecule has 12 atom stereocenters. The number of nitrogens with zero attached hydrogens (tertiary/aromatic N) is 7. The number of nitrogen functional groups attached to an aromatic ring is 2. The van der Waals surface area contributed by atoms with E-state index in [0.717, 1.165) is 0 Å². The quantitative estimate of drug-likeness (QED) is 0.138. The number of anilines is 2. The average Bonchev–Trinajstić information content (AvgIpc) is 3.21. The second kappa shape index (κ2) is 9.22. The van der Waals surface area contributed by atoms with Crippen molar-refractivity contribution in [2.24, 2.45) is 17.3 Å². The number of phosphoric ester groups is 1. The number of H-pyrrole nitrogens is 1.